The summed E-state index contributed by atoms with van der Waals surface area (Å²) in [7, 11) is 1.92. The zero-order valence-corrected chi connectivity index (χ0v) is 14.4. The van der Waals surface area contributed by atoms with Crippen molar-refractivity contribution in [3.05, 3.63) is 65.6 Å². The molecule has 0 saturated carbocycles. The summed E-state index contributed by atoms with van der Waals surface area (Å²) >= 11 is 0. The first-order chi connectivity index (χ1) is 12.7. The Morgan fingerprint density at radius 1 is 1.23 bits per heavy atom. The fourth-order valence-corrected chi connectivity index (χ4v) is 3.11. The summed E-state index contributed by atoms with van der Waals surface area (Å²) in [6.45, 7) is 1.44. The molecule has 4 heterocycles. The first-order valence-corrected chi connectivity index (χ1v) is 8.35. The molecule has 0 spiro atoms. The van der Waals surface area contributed by atoms with E-state index in [4.69, 9.17) is 4.74 Å². The van der Waals surface area contributed by atoms with Crippen molar-refractivity contribution in [3.63, 3.8) is 0 Å². The highest BCUT2D eigenvalue weighted by Gasteiger charge is 2.27. The highest BCUT2D eigenvalue weighted by molar-refractivity contribution is 5.92. The van der Waals surface area contributed by atoms with Crippen molar-refractivity contribution >= 4 is 5.91 Å². The molecule has 8 nitrogen and oxygen atoms in total. The molecule has 0 aromatic carbocycles. The summed E-state index contributed by atoms with van der Waals surface area (Å²) in [6, 6.07) is 7.15. The van der Waals surface area contributed by atoms with E-state index in [1.165, 1.54) is 6.33 Å². The number of ether oxygens (including phenoxy) is 1. The molecule has 0 atom stereocenters. The van der Waals surface area contributed by atoms with Crippen LogP contribution >= 0.6 is 0 Å². The molecule has 8 heteroatoms. The van der Waals surface area contributed by atoms with Crippen LogP contribution in [0.15, 0.2) is 43.0 Å². The number of hydrogen-bond acceptors (Lipinski definition) is 6. The van der Waals surface area contributed by atoms with Crippen molar-refractivity contribution < 1.29 is 9.53 Å². The first-order valence-electron chi connectivity index (χ1n) is 8.35. The Morgan fingerprint density at radius 2 is 2.15 bits per heavy atom. The Morgan fingerprint density at radius 3 is 2.92 bits per heavy atom. The number of rotatable bonds is 4. The Kier molecular flexibility index (Phi) is 4.30. The third-order valence-electron chi connectivity index (χ3n) is 4.41. The molecule has 3 aromatic heterocycles. The lowest BCUT2D eigenvalue weighted by Gasteiger charge is -2.27. The predicted molar refractivity (Wildman–Crippen MR) is 92.3 cm³/mol. The van der Waals surface area contributed by atoms with Crippen molar-refractivity contribution in [2.75, 3.05) is 6.54 Å². The third kappa shape index (κ3) is 3.13. The van der Waals surface area contributed by atoms with Crippen LogP contribution in [-0.4, -0.2) is 42.1 Å². The largest absolute Gasteiger partial charge is 0.471 e. The van der Waals surface area contributed by atoms with Crippen LogP contribution in [0.4, 0.5) is 0 Å². The Labute approximate surface area is 150 Å². The summed E-state index contributed by atoms with van der Waals surface area (Å²) in [5.41, 5.74) is 3.40. The van der Waals surface area contributed by atoms with Crippen LogP contribution in [0.3, 0.4) is 0 Å². The van der Waals surface area contributed by atoms with E-state index in [0.717, 1.165) is 23.4 Å². The maximum Gasteiger partial charge on any atom is 0.272 e. The molecular formula is C18H18N6O2. The Balaban J connectivity index is 1.53. The number of aryl methyl sites for hydroxylation is 1. The lowest BCUT2D eigenvalue weighted by atomic mass is 10.0. The van der Waals surface area contributed by atoms with E-state index >= 15 is 0 Å². The van der Waals surface area contributed by atoms with Crippen LogP contribution in [0.5, 0.6) is 5.88 Å². The number of hydrogen-bond donors (Lipinski definition) is 0. The molecule has 0 unspecified atom stereocenters. The number of amides is 1. The summed E-state index contributed by atoms with van der Waals surface area (Å²) in [5, 5.41) is 4.57. The Bertz CT molecular complexity index is 910. The van der Waals surface area contributed by atoms with Gasteiger partial charge >= 0.3 is 0 Å². The van der Waals surface area contributed by atoms with Crippen molar-refractivity contribution in [1.29, 1.82) is 0 Å². The standard InChI is InChI=1S/C18H18N6O2/c1-23-16-6-9-24(18(25)14-5-8-19-12-21-14)10-13(16)15(22-23)11-26-17-4-2-3-7-20-17/h2-5,7-8,12H,6,9-11H2,1H3. The minimum absolute atomic E-state index is 0.0986. The number of carbonyl (C=O) groups is 1. The number of carbonyl (C=O) groups excluding carboxylic acids is 1. The third-order valence-corrected chi connectivity index (χ3v) is 4.41. The molecule has 26 heavy (non-hydrogen) atoms. The molecule has 0 radical (unpaired) electrons. The van der Waals surface area contributed by atoms with E-state index in [2.05, 4.69) is 20.1 Å². The van der Waals surface area contributed by atoms with Gasteiger partial charge in [0.15, 0.2) is 0 Å². The van der Waals surface area contributed by atoms with Crippen molar-refractivity contribution in [3.8, 4) is 5.88 Å². The monoisotopic (exact) mass is 350 g/mol. The van der Waals surface area contributed by atoms with Gasteiger partial charge in [-0.25, -0.2) is 15.0 Å². The fourth-order valence-electron chi connectivity index (χ4n) is 3.11. The van der Waals surface area contributed by atoms with Gasteiger partial charge in [-0.05, 0) is 12.1 Å². The smallest absolute Gasteiger partial charge is 0.272 e. The van der Waals surface area contributed by atoms with Gasteiger partial charge in [-0.2, -0.15) is 5.10 Å². The molecule has 1 amide bonds. The SMILES string of the molecule is Cn1nc(COc2ccccn2)c2c1CCN(C(=O)c1ccncn1)C2. The molecule has 3 aromatic rings. The number of aromatic nitrogens is 5. The molecule has 1 aliphatic rings. The zero-order chi connectivity index (χ0) is 17.9. The lowest BCUT2D eigenvalue weighted by Crippen LogP contribution is -2.37. The van der Waals surface area contributed by atoms with Gasteiger partial charge in [0.2, 0.25) is 5.88 Å². The molecular weight excluding hydrogens is 332 g/mol. The summed E-state index contributed by atoms with van der Waals surface area (Å²) in [4.78, 5) is 26.5. The molecule has 0 fully saturated rings. The van der Waals surface area contributed by atoms with Crippen LogP contribution < -0.4 is 4.74 Å². The first kappa shape index (κ1) is 16.2. The zero-order valence-electron chi connectivity index (χ0n) is 14.4. The second-order valence-corrected chi connectivity index (χ2v) is 6.02. The summed E-state index contributed by atoms with van der Waals surface area (Å²) in [5.74, 6) is 0.454. The molecule has 0 aliphatic carbocycles. The second kappa shape index (κ2) is 6.91. The average molecular weight is 350 g/mol. The highest BCUT2D eigenvalue weighted by Crippen LogP contribution is 2.24. The van der Waals surface area contributed by atoms with Gasteiger partial charge in [0.25, 0.3) is 5.91 Å². The van der Waals surface area contributed by atoms with Crippen molar-refractivity contribution in [1.82, 2.24) is 29.6 Å². The van der Waals surface area contributed by atoms with Gasteiger partial charge in [-0.15, -0.1) is 0 Å². The van der Waals surface area contributed by atoms with Gasteiger partial charge in [0, 0.05) is 56.3 Å². The van der Waals surface area contributed by atoms with Crippen LogP contribution in [0.2, 0.25) is 0 Å². The van der Waals surface area contributed by atoms with E-state index in [-0.39, 0.29) is 5.91 Å². The predicted octanol–water partition coefficient (Wildman–Crippen LogP) is 1.38. The number of fused-ring (bicyclic) bond motifs is 1. The van der Waals surface area contributed by atoms with E-state index in [1.54, 1.807) is 29.4 Å². The number of pyridine rings is 1. The fraction of sp³-hybridized carbons (Fsp3) is 0.278. The van der Waals surface area contributed by atoms with Gasteiger partial charge in [0.05, 0.1) is 0 Å². The van der Waals surface area contributed by atoms with Gasteiger partial charge in [0.1, 0.15) is 24.3 Å². The second-order valence-electron chi connectivity index (χ2n) is 6.02. The highest BCUT2D eigenvalue weighted by atomic mass is 16.5. The summed E-state index contributed by atoms with van der Waals surface area (Å²) < 4.78 is 7.61. The minimum atomic E-state index is -0.0986. The Hall–Kier alpha value is -3.29. The quantitative estimate of drug-likeness (QED) is 0.707. The molecule has 4 rings (SSSR count). The molecule has 1 aliphatic heterocycles. The van der Waals surface area contributed by atoms with Crippen LogP contribution in [0, 0.1) is 0 Å². The summed E-state index contributed by atoms with van der Waals surface area (Å²) in [6.07, 6.45) is 5.40. The number of nitrogens with zero attached hydrogens (tertiary/aromatic N) is 6. The van der Waals surface area contributed by atoms with Crippen molar-refractivity contribution in [2.24, 2.45) is 7.05 Å². The van der Waals surface area contributed by atoms with Crippen LogP contribution in [0.1, 0.15) is 27.4 Å². The van der Waals surface area contributed by atoms with Crippen molar-refractivity contribution in [2.45, 2.75) is 19.6 Å². The van der Waals surface area contributed by atoms with E-state index < -0.39 is 0 Å². The van der Waals surface area contributed by atoms with Gasteiger partial charge in [-0.3, -0.25) is 9.48 Å². The topological polar surface area (TPSA) is 86.0 Å². The molecule has 132 valence electrons. The molecule has 0 saturated heterocycles. The van der Waals surface area contributed by atoms with Crippen LogP contribution in [0.25, 0.3) is 0 Å². The maximum absolute atomic E-state index is 12.7. The van der Waals surface area contributed by atoms with E-state index in [9.17, 15) is 4.79 Å². The lowest BCUT2D eigenvalue weighted by molar-refractivity contribution is 0.0726. The molecule has 0 bridgehead atoms. The minimum Gasteiger partial charge on any atom is -0.471 e. The average Bonchev–Trinajstić information content (AvgIpc) is 3.02. The van der Waals surface area contributed by atoms with E-state index in [1.807, 2.05) is 23.9 Å². The maximum atomic E-state index is 12.7. The van der Waals surface area contributed by atoms with Gasteiger partial charge < -0.3 is 9.64 Å². The van der Waals surface area contributed by atoms with E-state index in [0.29, 0.717) is 31.3 Å². The normalized spacial score (nSPS) is 13.3. The van der Waals surface area contributed by atoms with Gasteiger partial charge in [-0.1, -0.05) is 6.07 Å². The van der Waals surface area contributed by atoms with Crippen LogP contribution in [-0.2, 0) is 26.6 Å². The molecule has 0 N–H and O–H groups in total.